The zero-order chi connectivity index (χ0) is 11.1. The minimum atomic E-state index is 0.109. The summed E-state index contributed by atoms with van der Waals surface area (Å²) in [6.45, 7) is 6.66. The summed E-state index contributed by atoms with van der Waals surface area (Å²) < 4.78 is 5.38. The second-order valence-electron chi connectivity index (χ2n) is 5.31. The lowest BCUT2D eigenvalue weighted by Gasteiger charge is -2.24. The Morgan fingerprint density at radius 1 is 1.33 bits per heavy atom. The molecule has 0 atom stereocenters. The normalized spacial score (nSPS) is 16.5. The van der Waals surface area contributed by atoms with Crippen molar-refractivity contribution in [3.8, 4) is 5.88 Å². The van der Waals surface area contributed by atoms with Crippen LogP contribution in [0.5, 0.6) is 5.88 Å². The van der Waals surface area contributed by atoms with Crippen LogP contribution in [0.2, 0.25) is 0 Å². The van der Waals surface area contributed by atoms with Crippen molar-refractivity contribution in [2.75, 3.05) is 7.11 Å². The quantitative estimate of drug-likeness (QED) is 0.739. The van der Waals surface area contributed by atoms with Crippen molar-refractivity contribution in [2.45, 2.75) is 44.9 Å². The Morgan fingerprint density at radius 2 is 2.00 bits per heavy atom. The summed E-state index contributed by atoms with van der Waals surface area (Å²) in [5.41, 5.74) is 2.83. The van der Waals surface area contributed by atoms with Crippen LogP contribution in [0.1, 0.15) is 50.7 Å². The molecule has 0 unspecified atom stereocenters. The Bertz CT molecular complexity index is 361. The van der Waals surface area contributed by atoms with Gasteiger partial charge in [0.1, 0.15) is 0 Å². The monoisotopic (exact) mass is 205 g/mol. The molecule has 0 spiro atoms. The van der Waals surface area contributed by atoms with E-state index in [9.17, 15) is 0 Å². The van der Waals surface area contributed by atoms with Crippen LogP contribution in [-0.4, -0.2) is 12.1 Å². The molecule has 2 nitrogen and oxygen atoms in total. The van der Waals surface area contributed by atoms with Crippen LogP contribution < -0.4 is 4.74 Å². The smallest absolute Gasteiger partial charge is 0.217 e. The van der Waals surface area contributed by atoms with E-state index in [2.05, 4.69) is 31.8 Å². The van der Waals surface area contributed by atoms with Gasteiger partial charge in [-0.15, -0.1) is 0 Å². The molecule has 0 aromatic carbocycles. The predicted molar refractivity (Wildman–Crippen MR) is 61.5 cm³/mol. The summed E-state index contributed by atoms with van der Waals surface area (Å²) >= 11 is 0. The number of methoxy groups -OCH3 is 1. The molecule has 1 heterocycles. The van der Waals surface area contributed by atoms with Gasteiger partial charge in [0.05, 0.1) is 7.11 Å². The Labute approximate surface area is 91.7 Å². The van der Waals surface area contributed by atoms with Gasteiger partial charge < -0.3 is 4.74 Å². The number of pyridine rings is 1. The van der Waals surface area contributed by atoms with Crippen molar-refractivity contribution in [1.82, 2.24) is 4.98 Å². The fourth-order valence-corrected chi connectivity index (χ4v) is 2.10. The van der Waals surface area contributed by atoms with Crippen LogP contribution in [0.25, 0.3) is 0 Å². The fraction of sp³-hybridized carbons (Fsp3) is 0.615. The summed E-state index contributed by atoms with van der Waals surface area (Å²) in [6, 6.07) is 2.15. The molecule has 0 amide bonds. The highest BCUT2D eigenvalue weighted by atomic mass is 16.5. The Hall–Kier alpha value is -1.05. The molecule has 1 fully saturated rings. The van der Waals surface area contributed by atoms with Crippen LogP contribution in [0.4, 0.5) is 0 Å². The van der Waals surface area contributed by atoms with Crippen LogP contribution in [0.15, 0.2) is 12.3 Å². The molecule has 1 aromatic heterocycles. The number of nitrogens with zero attached hydrogens (tertiary/aromatic N) is 1. The van der Waals surface area contributed by atoms with Crippen LogP contribution in [0.3, 0.4) is 0 Å². The van der Waals surface area contributed by atoms with Gasteiger partial charge in [-0.1, -0.05) is 20.8 Å². The number of hydrogen-bond acceptors (Lipinski definition) is 2. The first-order chi connectivity index (χ1) is 7.04. The van der Waals surface area contributed by atoms with Gasteiger partial charge >= 0.3 is 0 Å². The number of hydrogen-bond donors (Lipinski definition) is 0. The summed E-state index contributed by atoms with van der Waals surface area (Å²) in [5, 5.41) is 0. The first-order valence-electron chi connectivity index (χ1n) is 5.57. The van der Waals surface area contributed by atoms with Crippen molar-refractivity contribution in [3.05, 3.63) is 23.4 Å². The van der Waals surface area contributed by atoms with Gasteiger partial charge in [-0.25, -0.2) is 4.98 Å². The van der Waals surface area contributed by atoms with Crippen molar-refractivity contribution >= 4 is 0 Å². The minimum absolute atomic E-state index is 0.109. The average Bonchev–Trinajstić information content (AvgIpc) is 2.98. The standard InChI is InChI=1S/C13H19NO/c1-13(2,3)11-10(9-5-6-9)7-8-14-12(11)15-4/h7-9H,5-6H2,1-4H3. The average molecular weight is 205 g/mol. The van der Waals surface area contributed by atoms with E-state index in [0.29, 0.717) is 0 Å². The van der Waals surface area contributed by atoms with E-state index in [1.165, 1.54) is 24.0 Å². The van der Waals surface area contributed by atoms with E-state index in [0.717, 1.165) is 11.8 Å². The third kappa shape index (κ3) is 1.99. The number of ether oxygens (including phenoxy) is 1. The molecule has 0 radical (unpaired) electrons. The second-order valence-corrected chi connectivity index (χ2v) is 5.31. The molecular formula is C13H19NO. The lowest BCUT2D eigenvalue weighted by atomic mass is 9.83. The van der Waals surface area contributed by atoms with E-state index >= 15 is 0 Å². The van der Waals surface area contributed by atoms with Gasteiger partial charge in [-0.05, 0) is 35.8 Å². The molecule has 0 aliphatic heterocycles. The van der Waals surface area contributed by atoms with E-state index in [4.69, 9.17) is 4.74 Å². The Kier molecular flexibility index (Phi) is 2.45. The van der Waals surface area contributed by atoms with Crippen LogP contribution in [0, 0.1) is 0 Å². The van der Waals surface area contributed by atoms with Crippen molar-refractivity contribution in [1.29, 1.82) is 0 Å². The molecule has 1 aromatic rings. The van der Waals surface area contributed by atoms with Gasteiger partial charge in [-0.3, -0.25) is 0 Å². The largest absolute Gasteiger partial charge is 0.481 e. The van der Waals surface area contributed by atoms with Gasteiger partial charge in [0.15, 0.2) is 0 Å². The Morgan fingerprint density at radius 3 is 2.47 bits per heavy atom. The molecule has 82 valence electrons. The van der Waals surface area contributed by atoms with E-state index in [1.54, 1.807) is 7.11 Å². The van der Waals surface area contributed by atoms with Crippen LogP contribution in [-0.2, 0) is 5.41 Å². The second kappa shape index (κ2) is 3.51. The molecule has 1 aliphatic rings. The fourth-order valence-electron chi connectivity index (χ4n) is 2.10. The molecule has 2 rings (SSSR count). The van der Waals surface area contributed by atoms with E-state index in [1.807, 2.05) is 6.20 Å². The maximum Gasteiger partial charge on any atom is 0.217 e. The zero-order valence-corrected chi connectivity index (χ0v) is 10.0. The number of aromatic nitrogens is 1. The van der Waals surface area contributed by atoms with Gasteiger partial charge in [0, 0.05) is 11.8 Å². The van der Waals surface area contributed by atoms with Crippen molar-refractivity contribution in [2.24, 2.45) is 0 Å². The summed E-state index contributed by atoms with van der Waals surface area (Å²) in [7, 11) is 1.70. The summed E-state index contributed by atoms with van der Waals surface area (Å²) in [6.07, 6.45) is 4.49. The molecule has 2 heteroatoms. The minimum Gasteiger partial charge on any atom is -0.481 e. The molecular weight excluding hydrogens is 186 g/mol. The molecule has 0 saturated heterocycles. The van der Waals surface area contributed by atoms with E-state index in [-0.39, 0.29) is 5.41 Å². The maximum atomic E-state index is 5.38. The third-order valence-corrected chi connectivity index (χ3v) is 2.91. The SMILES string of the molecule is COc1nccc(C2CC2)c1C(C)(C)C. The first kappa shape index (κ1) is 10.5. The molecule has 0 N–H and O–H groups in total. The third-order valence-electron chi connectivity index (χ3n) is 2.91. The highest BCUT2D eigenvalue weighted by molar-refractivity contribution is 5.43. The topological polar surface area (TPSA) is 22.1 Å². The van der Waals surface area contributed by atoms with Crippen molar-refractivity contribution < 1.29 is 4.74 Å². The molecule has 1 saturated carbocycles. The lowest BCUT2D eigenvalue weighted by molar-refractivity contribution is 0.379. The van der Waals surface area contributed by atoms with Gasteiger partial charge in [0.2, 0.25) is 5.88 Å². The lowest BCUT2D eigenvalue weighted by Crippen LogP contribution is -2.16. The summed E-state index contributed by atoms with van der Waals surface area (Å²) in [4.78, 5) is 4.31. The maximum absolute atomic E-state index is 5.38. The zero-order valence-electron chi connectivity index (χ0n) is 10.0. The van der Waals surface area contributed by atoms with E-state index < -0.39 is 0 Å². The highest BCUT2D eigenvalue weighted by Gasteiger charge is 2.32. The summed E-state index contributed by atoms with van der Waals surface area (Å²) in [5.74, 6) is 1.54. The van der Waals surface area contributed by atoms with Crippen molar-refractivity contribution in [3.63, 3.8) is 0 Å². The first-order valence-corrected chi connectivity index (χ1v) is 5.57. The van der Waals surface area contributed by atoms with Crippen LogP contribution >= 0.6 is 0 Å². The molecule has 15 heavy (non-hydrogen) atoms. The van der Waals surface area contributed by atoms with Gasteiger partial charge in [0.25, 0.3) is 0 Å². The highest BCUT2D eigenvalue weighted by Crippen LogP contribution is 2.46. The van der Waals surface area contributed by atoms with Gasteiger partial charge in [-0.2, -0.15) is 0 Å². The molecule has 1 aliphatic carbocycles. The Balaban J connectivity index is 2.54. The molecule has 0 bridgehead atoms. The number of rotatable bonds is 2. The predicted octanol–water partition coefficient (Wildman–Crippen LogP) is 3.27.